The third-order valence-electron chi connectivity index (χ3n) is 5.27. The first-order chi connectivity index (χ1) is 10.5. The number of aliphatic hydroxyl groups is 1. The summed E-state index contributed by atoms with van der Waals surface area (Å²) in [4.78, 5) is 2.41. The topological polar surface area (TPSA) is 78.9 Å². The normalized spacial score (nSPS) is 33.0. The van der Waals surface area contributed by atoms with Gasteiger partial charge in [0.2, 0.25) is 10.0 Å². The Morgan fingerprint density at radius 2 is 1.86 bits per heavy atom. The molecule has 0 aromatic heterocycles. The standard InChI is InChI=1S/C15H28N2O4S/c18-14(11-21-10-13-1-2-13)9-16-22(19,20)12-15-3-6-17(7-4-15)8-5-15/h13-14,16,18H,1-12H2. The molecule has 1 unspecified atom stereocenters. The van der Waals surface area contributed by atoms with Crippen LogP contribution in [0.25, 0.3) is 0 Å². The van der Waals surface area contributed by atoms with Crippen LogP contribution in [0, 0.1) is 11.3 Å². The van der Waals surface area contributed by atoms with Crippen molar-refractivity contribution in [1.82, 2.24) is 9.62 Å². The number of ether oxygens (including phenoxy) is 1. The van der Waals surface area contributed by atoms with Gasteiger partial charge in [0, 0.05) is 13.2 Å². The Balaban J connectivity index is 1.40. The fourth-order valence-corrected chi connectivity index (χ4v) is 5.29. The molecular formula is C15H28N2O4S. The van der Waals surface area contributed by atoms with E-state index in [-0.39, 0.29) is 24.3 Å². The second-order valence-electron chi connectivity index (χ2n) is 7.33. The summed E-state index contributed by atoms with van der Waals surface area (Å²) in [5, 5.41) is 9.82. The van der Waals surface area contributed by atoms with Crippen LogP contribution < -0.4 is 4.72 Å². The van der Waals surface area contributed by atoms with Crippen molar-refractivity contribution >= 4 is 10.0 Å². The monoisotopic (exact) mass is 332 g/mol. The quantitative estimate of drug-likeness (QED) is 0.630. The molecule has 6 nitrogen and oxygen atoms in total. The molecule has 4 rings (SSSR count). The minimum Gasteiger partial charge on any atom is -0.389 e. The van der Waals surface area contributed by atoms with Gasteiger partial charge in [0.1, 0.15) is 0 Å². The van der Waals surface area contributed by atoms with E-state index in [2.05, 4.69) is 9.62 Å². The lowest BCUT2D eigenvalue weighted by atomic mass is 9.74. The van der Waals surface area contributed by atoms with Crippen molar-refractivity contribution in [3.05, 3.63) is 0 Å². The van der Waals surface area contributed by atoms with E-state index in [4.69, 9.17) is 4.74 Å². The highest BCUT2D eigenvalue weighted by Gasteiger charge is 2.42. The Hall–Kier alpha value is -0.210. The van der Waals surface area contributed by atoms with Crippen molar-refractivity contribution in [2.45, 2.75) is 38.2 Å². The van der Waals surface area contributed by atoms with Crippen LogP contribution in [0.15, 0.2) is 0 Å². The fourth-order valence-electron chi connectivity index (χ4n) is 3.50. The minimum atomic E-state index is -3.34. The summed E-state index contributed by atoms with van der Waals surface area (Å²) < 4.78 is 32.6. The molecule has 0 aromatic carbocycles. The average Bonchev–Trinajstić information content (AvgIpc) is 3.30. The van der Waals surface area contributed by atoms with E-state index in [1.54, 1.807) is 0 Å². The fraction of sp³-hybridized carbons (Fsp3) is 1.00. The second-order valence-corrected chi connectivity index (χ2v) is 9.14. The van der Waals surface area contributed by atoms with E-state index < -0.39 is 16.1 Å². The lowest BCUT2D eigenvalue weighted by Gasteiger charge is -2.48. The predicted octanol–water partition coefficient (Wildman–Crippen LogP) is 0.179. The van der Waals surface area contributed by atoms with E-state index >= 15 is 0 Å². The largest absolute Gasteiger partial charge is 0.389 e. The van der Waals surface area contributed by atoms with Gasteiger partial charge < -0.3 is 14.7 Å². The number of piperidine rings is 3. The molecule has 7 heteroatoms. The molecule has 2 bridgehead atoms. The first kappa shape index (κ1) is 16.6. The van der Waals surface area contributed by atoms with Crippen LogP contribution in [0.4, 0.5) is 0 Å². The van der Waals surface area contributed by atoms with E-state index in [0.717, 1.165) is 38.9 Å². The smallest absolute Gasteiger partial charge is 0.212 e. The summed E-state index contributed by atoms with van der Waals surface area (Å²) >= 11 is 0. The zero-order valence-corrected chi connectivity index (χ0v) is 14.0. The highest BCUT2D eigenvalue weighted by atomic mass is 32.2. The van der Waals surface area contributed by atoms with Crippen molar-refractivity contribution in [3.63, 3.8) is 0 Å². The third kappa shape index (κ3) is 4.64. The van der Waals surface area contributed by atoms with Gasteiger partial charge in [-0.05, 0) is 63.1 Å². The molecule has 4 fully saturated rings. The summed E-state index contributed by atoms with van der Waals surface area (Å²) in [5.41, 5.74) is -0.0476. The molecule has 0 radical (unpaired) electrons. The number of rotatable bonds is 9. The van der Waals surface area contributed by atoms with Gasteiger partial charge in [-0.2, -0.15) is 0 Å². The zero-order valence-electron chi connectivity index (χ0n) is 13.2. The molecule has 3 aliphatic heterocycles. The van der Waals surface area contributed by atoms with Crippen LogP contribution in [0.5, 0.6) is 0 Å². The van der Waals surface area contributed by atoms with Gasteiger partial charge in [0.05, 0.1) is 18.5 Å². The van der Waals surface area contributed by atoms with Gasteiger partial charge in [0.25, 0.3) is 0 Å². The van der Waals surface area contributed by atoms with E-state index in [0.29, 0.717) is 12.5 Å². The molecule has 3 heterocycles. The Kier molecular flexibility index (Phi) is 5.09. The Morgan fingerprint density at radius 1 is 1.23 bits per heavy atom. The first-order valence-corrected chi connectivity index (χ1v) is 10.1. The van der Waals surface area contributed by atoms with Crippen LogP contribution in [0.2, 0.25) is 0 Å². The summed E-state index contributed by atoms with van der Waals surface area (Å²) in [6.07, 6.45) is 4.58. The zero-order chi connectivity index (χ0) is 15.6. The Morgan fingerprint density at radius 3 is 2.45 bits per heavy atom. The van der Waals surface area contributed by atoms with Gasteiger partial charge in [0.15, 0.2) is 0 Å². The molecule has 3 saturated heterocycles. The van der Waals surface area contributed by atoms with Gasteiger partial charge in [-0.25, -0.2) is 13.1 Å². The molecule has 2 N–H and O–H groups in total. The Bertz CT molecular complexity index is 456. The van der Waals surface area contributed by atoms with Gasteiger partial charge in [-0.3, -0.25) is 0 Å². The van der Waals surface area contributed by atoms with Gasteiger partial charge in [-0.1, -0.05) is 0 Å². The molecule has 128 valence electrons. The van der Waals surface area contributed by atoms with Crippen LogP contribution in [-0.4, -0.2) is 69.7 Å². The average molecular weight is 332 g/mol. The highest BCUT2D eigenvalue weighted by molar-refractivity contribution is 7.89. The van der Waals surface area contributed by atoms with Crippen molar-refractivity contribution in [2.24, 2.45) is 11.3 Å². The second kappa shape index (κ2) is 6.73. The van der Waals surface area contributed by atoms with Crippen molar-refractivity contribution < 1.29 is 18.3 Å². The SMILES string of the molecule is O=S(=O)(CC12CCN(CC1)CC2)NCC(O)COCC1CC1. The number of fused-ring (bicyclic) bond motifs is 3. The molecule has 0 aromatic rings. The molecule has 0 amide bonds. The number of nitrogens with zero attached hydrogens (tertiary/aromatic N) is 1. The third-order valence-corrected chi connectivity index (χ3v) is 6.87. The summed E-state index contributed by atoms with van der Waals surface area (Å²) in [6, 6.07) is 0. The van der Waals surface area contributed by atoms with Crippen molar-refractivity contribution in [1.29, 1.82) is 0 Å². The first-order valence-electron chi connectivity index (χ1n) is 8.42. The molecule has 22 heavy (non-hydrogen) atoms. The van der Waals surface area contributed by atoms with Gasteiger partial charge in [-0.15, -0.1) is 0 Å². The molecule has 1 atom stereocenters. The van der Waals surface area contributed by atoms with Gasteiger partial charge >= 0.3 is 0 Å². The maximum absolute atomic E-state index is 12.3. The maximum Gasteiger partial charge on any atom is 0.212 e. The molecule has 4 aliphatic rings. The molecule has 1 saturated carbocycles. The minimum absolute atomic E-state index is 0.0476. The predicted molar refractivity (Wildman–Crippen MR) is 84.1 cm³/mol. The number of aliphatic hydroxyl groups excluding tert-OH is 1. The molecule has 0 spiro atoms. The Labute approximate surface area is 133 Å². The van der Waals surface area contributed by atoms with E-state index in [1.807, 2.05) is 0 Å². The molecular weight excluding hydrogens is 304 g/mol. The van der Waals surface area contributed by atoms with Crippen LogP contribution in [0.3, 0.4) is 0 Å². The van der Waals surface area contributed by atoms with Crippen molar-refractivity contribution in [3.8, 4) is 0 Å². The van der Waals surface area contributed by atoms with E-state index in [1.165, 1.54) is 12.8 Å². The molecule has 1 aliphatic carbocycles. The van der Waals surface area contributed by atoms with Crippen molar-refractivity contribution in [2.75, 3.05) is 45.1 Å². The number of hydrogen-bond donors (Lipinski definition) is 2. The van der Waals surface area contributed by atoms with Crippen LogP contribution in [0.1, 0.15) is 32.1 Å². The summed E-state index contributed by atoms with van der Waals surface area (Å²) in [6.45, 7) is 4.01. The summed E-state index contributed by atoms with van der Waals surface area (Å²) in [5.74, 6) is 0.851. The van der Waals surface area contributed by atoms with Crippen LogP contribution >= 0.6 is 0 Å². The maximum atomic E-state index is 12.3. The number of nitrogens with one attached hydrogen (secondary N) is 1. The highest BCUT2D eigenvalue weighted by Crippen LogP contribution is 2.40. The summed E-state index contributed by atoms with van der Waals surface area (Å²) in [7, 11) is -3.34. The number of sulfonamides is 1. The number of hydrogen-bond acceptors (Lipinski definition) is 5. The van der Waals surface area contributed by atoms with Crippen LogP contribution in [-0.2, 0) is 14.8 Å². The lowest BCUT2D eigenvalue weighted by Crippen LogP contribution is -2.52. The lowest BCUT2D eigenvalue weighted by molar-refractivity contribution is 0.0342. The van der Waals surface area contributed by atoms with E-state index in [9.17, 15) is 13.5 Å².